The van der Waals surface area contributed by atoms with Gasteiger partial charge in [0.2, 0.25) is 5.91 Å². The number of fused-ring (bicyclic) bond motifs is 1. The Morgan fingerprint density at radius 2 is 1.77 bits per heavy atom. The number of ether oxygens (including phenoxy) is 1. The summed E-state index contributed by atoms with van der Waals surface area (Å²) in [7, 11) is 1.71. The number of hydrogen-bond acceptors (Lipinski definition) is 5. The molecule has 0 aliphatic carbocycles. The van der Waals surface area contributed by atoms with Crippen LogP contribution in [0.5, 0.6) is 5.75 Å². The Labute approximate surface area is 205 Å². The van der Waals surface area contributed by atoms with E-state index in [1.807, 2.05) is 12.1 Å². The molecule has 2 aliphatic rings. The van der Waals surface area contributed by atoms with Crippen LogP contribution in [0.3, 0.4) is 0 Å². The summed E-state index contributed by atoms with van der Waals surface area (Å²) in [6.07, 6.45) is -0.334. The molecule has 4 rings (SSSR count). The molecule has 35 heavy (non-hydrogen) atoms. The van der Waals surface area contributed by atoms with Gasteiger partial charge in [0.15, 0.2) is 6.61 Å². The van der Waals surface area contributed by atoms with Gasteiger partial charge < -0.3 is 24.7 Å². The zero-order chi connectivity index (χ0) is 25.0. The zero-order valence-corrected chi connectivity index (χ0v) is 20.0. The van der Waals surface area contributed by atoms with E-state index in [0.717, 1.165) is 5.56 Å². The average molecular weight is 485 g/mol. The molecule has 2 aliphatic heterocycles. The van der Waals surface area contributed by atoms with Crippen molar-refractivity contribution in [1.82, 2.24) is 9.80 Å². The third kappa shape index (κ3) is 6.00. The maximum absolute atomic E-state index is 14.0. The van der Waals surface area contributed by atoms with Crippen molar-refractivity contribution in [2.45, 2.75) is 44.3 Å². The second-order valence-electron chi connectivity index (χ2n) is 9.84. The summed E-state index contributed by atoms with van der Waals surface area (Å²) >= 11 is 0. The van der Waals surface area contributed by atoms with Crippen LogP contribution >= 0.6 is 0 Å². The summed E-state index contributed by atoms with van der Waals surface area (Å²) in [5, 5.41) is 21.7. The highest BCUT2D eigenvalue weighted by Gasteiger charge is 2.41. The monoisotopic (exact) mass is 484 g/mol. The quantitative estimate of drug-likeness (QED) is 0.682. The number of carbonyl (C=O) groups is 2. The van der Waals surface area contributed by atoms with Crippen molar-refractivity contribution in [3.63, 3.8) is 0 Å². The minimum atomic E-state index is -0.994. The lowest BCUT2D eigenvalue weighted by Gasteiger charge is -2.45. The van der Waals surface area contributed by atoms with E-state index in [0.29, 0.717) is 50.2 Å². The molecule has 2 aromatic carbocycles. The second kappa shape index (κ2) is 10.7. The molecule has 1 fully saturated rings. The Balaban J connectivity index is 1.48. The van der Waals surface area contributed by atoms with Crippen LogP contribution in [-0.2, 0) is 22.4 Å². The van der Waals surface area contributed by atoms with Gasteiger partial charge in [0.1, 0.15) is 11.6 Å². The number of likely N-dealkylation sites (N-methyl/N-ethyl adjacent to an activating group) is 1. The standard InChI is InChI=1S/C27H33FN2O5/c1-29-18-27(10-12-30(13-11-27)25(33)15-19-6-2-4-8-21(19)28)16-23(32)22(31)14-20-7-3-5-9-24(20)35-17-26(29)34/h2-9,22-23,31-32H,10-18H2,1H3/t22-,23+/m0/s1. The highest BCUT2D eigenvalue weighted by Crippen LogP contribution is 2.38. The Morgan fingerprint density at radius 1 is 1.09 bits per heavy atom. The molecule has 0 saturated carbocycles. The van der Waals surface area contributed by atoms with E-state index >= 15 is 0 Å². The number of nitrogens with zero attached hydrogens (tertiary/aromatic N) is 2. The lowest BCUT2D eigenvalue weighted by Crippen LogP contribution is -2.51. The molecule has 2 N–H and O–H groups in total. The lowest BCUT2D eigenvalue weighted by atomic mass is 9.72. The van der Waals surface area contributed by atoms with Gasteiger partial charge in [-0.2, -0.15) is 0 Å². The Hall–Kier alpha value is -2.97. The number of para-hydroxylation sites is 1. The molecule has 0 aromatic heterocycles. The van der Waals surface area contributed by atoms with Crippen molar-refractivity contribution in [3.05, 3.63) is 65.5 Å². The van der Waals surface area contributed by atoms with Crippen molar-refractivity contribution < 1.29 is 28.9 Å². The van der Waals surface area contributed by atoms with E-state index < -0.39 is 23.4 Å². The van der Waals surface area contributed by atoms with Crippen LogP contribution in [0.4, 0.5) is 4.39 Å². The molecule has 0 bridgehead atoms. The summed E-state index contributed by atoms with van der Waals surface area (Å²) in [5.41, 5.74) is 0.642. The van der Waals surface area contributed by atoms with E-state index in [2.05, 4.69) is 0 Å². The van der Waals surface area contributed by atoms with Gasteiger partial charge >= 0.3 is 0 Å². The first-order valence-electron chi connectivity index (χ1n) is 12.1. The van der Waals surface area contributed by atoms with Gasteiger partial charge in [0.25, 0.3) is 5.91 Å². The number of aliphatic hydroxyl groups excluding tert-OH is 2. The molecular formula is C27H33FN2O5. The van der Waals surface area contributed by atoms with Gasteiger partial charge in [-0.1, -0.05) is 36.4 Å². The molecule has 188 valence electrons. The predicted octanol–water partition coefficient (Wildman–Crippen LogP) is 2.18. The van der Waals surface area contributed by atoms with Crippen molar-refractivity contribution >= 4 is 11.8 Å². The minimum Gasteiger partial charge on any atom is -0.483 e. The van der Waals surface area contributed by atoms with Crippen molar-refractivity contribution in [2.75, 3.05) is 33.3 Å². The third-order valence-electron chi connectivity index (χ3n) is 7.31. The number of likely N-dealkylation sites (tertiary alicyclic amines) is 1. The van der Waals surface area contributed by atoms with Gasteiger partial charge in [-0.25, -0.2) is 4.39 Å². The predicted molar refractivity (Wildman–Crippen MR) is 128 cm³/mol. The molecule has 2 atom stereocenters. The number of benzene rings is 2. The van der Waals surface area contributed by atoms with Crippen LogP contribution < -0.4 is 4.74 Å². The normalized spacial score (nSPS) is 23.1. The first kappa shape index (κ1) is 25.1. The number of hydrogen-bond donors (Lipinski definition) is 2. The lowest BCUT2D eigenvalue weighted by molar-refractivity contribution is -0.138. The zero-order valence-electron chi connectivity index (χ0n) is 20.0. The molecule has 1 spiro atoms. The molecule has 2 heterocycles. The van der Waals surface area contributed by atoms with Gasteiger partial charge in [-0.05, 0) is 47.9 Å². The second-order valence-corrected chi connectivity index (χ2v) is 9.84. The summed E-state index contributed by atoms with van der Waals surface area (Å²) in [6.45, 7) is 1.15. The summed E-state index contributed by atoms with van der Waals surface area (Å²) in [4.78, 5) is 29.0. The molecular weight excluding hydrogens is 451 g/mol. The number of carbonyl (C=O) groups excluding carboxylic acids is 2. The number of piperidine rings is 1. The molecule has 2 amide bonds. The number of aliphatic hydroxyl groups is 2. The molecule has 0 radical (unpaired) electrons. The SMILES string of the molecule is CN1CC2(CCN(C(=O)Cc3ccccc3F)CC2)C[C@@H](O)[C@@H](O)Cc2ccccc2OCC1=O. The highest BCUT2D eigenvalue weighted by molar-refractivity contribution is 5.79. The fourth-order valence-corrected chi connectivity index (χ4v) is 5.17. The van der Waals surface area contributed by atoms with E-state index in [1.165, 1.54) is 6.07 Å². The van der Waals surface area contributed by atoms with E-state index in [-0.39, 0.29) is 31.3 Å². The van der Waals surface area contributed by atoms with E-state index in [1.54, 1.807) is 47.2 Å². The fraction of sp³-hybridized carbons (Fsp3) is 0.481. The van der Waals surface area contributed by atoms with Crippen molar-refractivity contribution in [2.24, 2.45) is 5.41 Å². The van der Waals surface area contributed by atoms with Gasteiger partial charge in [0, 0.05) is 33.1 Å². The smallest absolute Gasteiger partial charge is 0.260 e. The van der Waals surface area contributed by atoms with Gasteiger partial charge in [-0.15, -0.1) is 0 Å². The molecule has 1 saturated heterocycles. The first-order chi connectivity index (χ1) is 16.8. The average Bonchev–Trinajstić information content (AvgIpc) is 2.84. The number of halogens is 1. The van der Waals surface area contributed by atoms with Crippen molar-refractivity contribution in [1.29, 1.82) is 0 Å². The van der Waals surface area contributed by atoms with Crippen LogP contribution in [0.1, 0.15) is 30.4 Å². The molecule has 8 heteroatoms. The molecule has 2 aromatic rings. The topological polar surface area (TPSA) is 90.3 Å². The maximum Gasteiger partial charge on any atom is 0.260 e. The largest absolute Gasteiger partial charge is 0.483 e. The van der Waals surface area contributed by atoms with E-state index in [4.69, 9.17) is 4.74 Å². The van der Waals surface area contributed by atoms with Crippen LogP contribution in [0, 0.1) is 11.2 Å². The highest BCUT2D eigenvalue weighted by atomic mass is 19.1. The van der Waals surface area contributed by atoms with E-state index in [9.17, 15) is 24.2 Å². The number of amides is 2. The Bertz CT molecular complexity index is 1050. The van der Waals surface area contributed by atoms with Gasteiger partial charge in [0.05, 0.1) is 18.6 Å². The number of rotatable bonds is 2. The van der Waals surface area contributed by atoms with Crippen LogP contribution in [0.2, 0.25) is 0 Å². The molecule has 7 nitrogen and oxygen atoms in total. The van der Waals surface area contributed by atoms with Gasteiger partial charge in [-0.3, -0.25) is 9.59 Å². The van der Waals surface area contributed by atoms with Crippen LogP contribution in [0.25, 0.3) is 0 Å². The fourth-order valence-electron chi connectivity index (χ4n) is 5.17. The minimum absolute atomic E-state index is 0.00382. The summed E-state index contributed by atoms with van der Waals surface area (Å²) in [5.74, 6) is -0.187. The van der Waals surface area contributed by atoms with Crippen LogP contribution in [0.15, 0.2) is 48.5 Å². The third-order valence-corrected chi connectivity index (χ3v) is 7.31. The van der Waals surface area contributed by atoms with Crippen molar-refractivity contribution in [3.8, 4) is 5.75 Å². The molecule has 0 unspecified atom stereocenters. The Kier molecular flexibility index (Phi) is 7.72. The Morgan fingerprint density at radius 3 is 2.51 bits per heavy atom. The summed E-state index contributed by atoms with van der Waals surface area (Å²) < 4.78 is 19.8. The maximum atomic E-state index is 14.0. The first-order valence-corrected chi connectivity index (χ1v) is 12.1. The van der Waals surface area contributed by atoms with Crippen LogP contribution in [-0.4, -0.2) is 77.3 Å². The summed E-state index contributed by atoms with van der Waals surface area (Å²) in [6, 6.07) is 13.5.